The molecule has 0 spiro atoms. The van der Waals surface area contributed by atoms with Crippen molar-refractivity contribution in [3.05, 3.63) is 0 Å². The summed E-state index contributed by atoms with van der Waals surface area (Å²) in [7, 11) is 2.98. The summed E-state index contributed by atoms with van der Waals surface area (Å²) < 4.78 is 4.51. The van der Waals surface area contributed by atoms with Gasteiger partial charge in [-0.1, -0.05) is 6.92 Å². The van der Waals surface area contributed by atoms with E-state index in [9.17, 15) is 9.59 Å². The maximum Gasteiger partial charge on any atom is 0.305 e. The number of nitriles is 1. The van der Waals surface area contributed by atoms with Crippen LogP contribution < -0.4 is 0 Å². The molecule has 17 heavy (non-hydrogen) atoms. The third kappa shape index (κ3) is 4.43. The lowest BCUT2D eigenvalue weighted by Gasteiger charge is -2.25. The van der Waals surface area contributed by atoms with E-state index in [-0.39, 0.29) is 18.3 Å². The van der Waals surface area contributed by atoms with Crippen molar-refractivity contribution in [3.63, 3.8) is 0 Å². The highest BCUT2D eigenvalue weighted by atomic mass is 16.5. The van der Waals surface area contributed by atoms with Gasteiger partial charge in [-0.25, -0.2) is 0 Å². The van der Waals surface area contributed by atoms with Crippen LogP contribution in [0.1, 0.15) is 33.1 Å². The van der Waals surface area contributed by atoms with E-state index in [2.05, 4.69) is 4.74 Å². The molecule has 0 aromatic rings. The third-order valence-corrected chi connectivity index (χ3v) is 2.87. The molecule has 0 aromatic carbocycles. The number of hydrogen-bond acceptors (Lipinski definition) is 4. The summed E-state index contributed by atoms with van der Waals surface area (Å²) in [6.45, 7) is 3.89. The topological polar surface area (TPSA) is 70.4 Å². The lowest BCUT2D eigenvalue weighted by molar-refractivity contribution is -0.142. The third-order valence-electron chi connectivity index (χ3n) is 2.87. The molecule has 1 amide bonds. The quantitative estimate of drug-likeness (QED) is 0.657. The molecule has 0 rings (SSSR count). The highest BCUT2D eigenvalue weighted by molar-refractivity contribution is 5.84. The Hall–Kier alpha value is -1.57. The average molecular weight is 240 g/mol. The summed E-state index contributed by atoms with van der Waals surface area (Å²) in [5.74, 6) is -0.489. The molecular formula is C12H20N2O3. The van der Waals surface area contributed by atoms with Gasteiger partial charge in [0.25, 0.3) is 0 Å². The van der Waals surface area contributed by atoms with E-state index in [1.165, 1.54) is 12.0 Å². The minimum atomic E-state index is -0.972. The zero-order chi connectivity index (χ0) is 13.5. The van der Waals surface area contributed by atoms with Gasteiger partial charge in [0.05, 0.1) is 13.2 Å². The van der Waals surface area contributed by atoms with Gasteiger partial charge >= 0.3 is 5.97 Å². The van der Waals surface area contributed by atoms with Crippen LogP contribution in [-0.4, -0.2) is 37.5 Å². The SMILES string of the molecule is CCC(C)(C#N)C(=O)N(C)CCCC(=O)OC. The predicted molar refractivity (Wildman–Crippen MR) is 62.9 cm³/mol. The van der Waals surface area contributed by atoms with Crippen LogP contribution in [0, 0.1) is 16.7 Å². The van der Waals surface area contributed by atoms with Gasteiger partial charge in [-0.15, -0.1) is 0 Å². The molecule has 0 aromatic heterocycles. The van der Waals surface area contributed by atoms with Crippen molar-refractivity contribution >= 4 is 11.9 Å². The smallest absolute Gasteiger partial charge is 0.305 e. The fourth-order valence-electron chi connectivity index (χ4n) is 1.36. The lowest BCUT2D eigenvalue weighted by atomic mass is 9.88. The number of methoxy groups -OCH3 is 1. The van der Waals surface area contributed by atoms with Crippen molar-refractivity contribution in [1.29, 1.82) is 5.26 Å². The summed E-state index contributed by atoms with van der Waals surface area (Å²) in [5, 5.41) is 8.98. The van der Waals surface area contributed by atoms with E-state index in [0.29, 0.717) is 19.4 Å². The summed E-state index contributed by atoms with van der Waals surface area (Å²) in [5.41, 5.74) is -0.972. The second-order valence-corrected chi connectivity index (χ2v) is 4.20. The summed E-state index contributed by atoms with van der Waals surface area (Å²) >= 11 is 0. The first-order chi connectivity index (χ1) is 7.91. The van der Waals surface area contributed by atoms with Crippen LogP contribution in [0.15, 0.2) is 0 Å². The Morgan fingerprint density at radius 3 is 2.47 bits per heavy atom. The van der Waals surface area contributed by atoms with Crippen molar-refractivity contribution in [2.45, 2.75) is 33.1 Å². The number of carbonyl (C=O) groups excluding carboxylic acids is 2. The molecule has 0 aliphatic carbocycles. The van der Waals surface area contributed by atoms with E-state index in [0.717, 1.165) is 0 Å². The van der Waals surface area contributed by atoms with Crippen LogP contribution in [0.5, 0.6) is 0 Å². The van der Waals surface area contributed by atoms with Crippen LogP contribution in [0.2, 0.25) is 0 Å². The minimum absolute atomic E-state index is 0.202. The molecule has 0 N–H and O–H groups in total. The number of nitrogens with zero attached hydrogens (tertiary/aromatic N) is 2. The Morgan fingerprint density at radius 2 is 2.06 bits per heavy atom. The molecule has 1 atom stereocenters. The fourth-order valence-corrected chi connectivity index (χ4v) is 1.36. The van der Waals surface area contributed by atoms with Crippen molar-refractivity contribution in [3.8, 4) is 6.07 Å². The largest absolute Gasteiger partial charge is 0.469 e. The van der Waals surface area contributed by atoms with E-state index >= 15 is 0 Å². The number of rotatable bonds is 6. The molecule has 0 aliphatic rings. The van der Waals surface area contributed by atoms with Gasteiger partial charge in [0, 0.05) is 20.0 Å². The van der Waals surface area contributed by atoms with Crippen LogP contribution in [0.4, 0.5) is 0 Å². The number of esters is 1. The van der Waals surface area contributed by atoms with Crippen LogP contribution >= 0.6 is 0 Å². The molecule has 0 aliphatic heterocycles. The zero-order valence-electron chi connectivity index (χ0n) is 10.9. The Balaban J connectivity index is 4.24. The molecule has 5 nitrogen and oxygen atoms in total. The van der Waals surface area contributed by atoms with Gasteiger partial charge in [0.1, 0.15) is 5.41 Å². The van der Waals surface area contributed by atoms with Crippen LogP contribution in [0.3, 0.4) is 0 Å². The molecule has 96 valence electrons. The number of ether oxygens (including phenoxy) is 1. The van der Waals surface area contributed by atoms with E-state index < -0.39 is 5.41 Å². The standard InChI is InChI=1S/C12H20N2O3/c1-5-12(2,9-13)11(16)14(3)8-6-7-10(15)17-4/h5-8H2,1-4H3. The average Bonchev–Trinajstić information content (AvgIpc) is 2.36. The van der Waals surface area contributed by atoms with Crippen molar-refractivity contribution < 1.29 is 14.3 Å². The first-order valence-corrected chi connectivity index (χ1v) is 5.65. The number of hydrogen-bond donors (Lipinski definition) is 0. The number of carbonyl (C=O) groups is 2. The number of amides is 1. The monoisotopic (exact) mass is 240 g/mol. The molecular weight excluding hydrogens is 220 g/mol. The molecule has 1 unspecified atom stereocenters. The first-order valence-electron chi connectivity index (χ1n) is 5.65. The molecule has 0 saturated heterocycles. The summed E-state index contributed by atoms with van der Waals surface area (Å²) in [6, 6.07) is 2.04. The lowest BCUT2D eigenvalue weighted by Crippen LogP contribution is -2.39. The second kappa shape index (κ2) is 6.89. The van der Waals surface area contributed by atoms with E-state index in [1.807, 2.05) is 13.0 Å². The zero-order valence-corrected chi connectivity index (χ0v) is 10.9. The maximum absolute atomic E-state index is 12.0. The van der Waals surface area contributed by atoms with Crippen molar-refractivity contribution in [2.24, 2.45) is 5.41 Å². The Kier molecular flexibility index (Phi) is 6.26. The van der Waals surface area contributed by atoms with Gasteiger partial charge in [0.15, 0.2) is 0 Å². The molecule has 0 radical (unpaired) electrons. The first kappa shape index (κ1) is 15.4. The Morgan fingerprint density at radius 1 is 1.47 bits per heavy atom. The van der Waals surface area contributed by atoms with Crippen LogP contribution in [-0.2, 0) is 14.3 Å². The van der Waals surface area contributed by atoms with E-state index in [4.69, 9.17) is 5.26 Å². The molecule has 0 bridgehead atoms. The highest BCUT2D eigenvalue weighted by Gasteiger charge is 2.33. The molecule has 0 fully saturated rings. The summed E-state index contributed by atoms with van der Waals surface area (Å²) in [6.07, 6.45) is 1.30. The fraction of sp³-hybridized carbons (Fsp3) is 0.750. The molecule has 0 heterocycles. The molecule has 0 saturated carbocycles. The minimum Gasteiger partial charge on any atom is -0.469 e. The van der Waals surface area contributed by atoms with Crippen molar-refractivity contribution in [2.75, 3.05) is 20.7 Å². The van der Waals surface area contributed by atoms with Crippen LogP contribution in [0.25, 0.3) is 0 Å². The second-order valence-electron chi connectivity index (χ2n) is 4.20. The predicted octanol–water partition coefficient (Wildman–Crippen LogP) is 1.34. The van der Waals surface area contributed by atoms with Gasteiger partial charge in [-0.3, -0.25) is 9.59 Å². The van der Waals surface area contributed by atoms with Gasteiger partial charge in [-0.2, -0.15) is 5.26 Å². The van der Waals surface area contributed by atoms with Crippen molar-refractivity contribution in [1.82, 2.24) is 4.90 Å². The Bertz CT molecular complexity index is 322. The van der Waals surface area contributed by atoms with Gasteiger partial charge in [0.2, 0.25) is 5.91 Å². The normalized spacial score (nSPS) is 13.4. The highest BCUT2D eigenvalue weighted by Crippen LogP contribution is 2.22. The van der Waals surface area contributed by atoms with Gasteiger partial charge in [-0.05, 0) is 19.8 Å². The van der Waals surface area contributed by atoms with Gasteiger partial charge < -0.3 is 9.64 Å². The Labute approximate surface area is 102 Å². The van der Waals surface area contributed by atoms with E-state index in [1.54, 1.807) is 14.0 Å². The maximum atomic E-state index is 12.0. The molecule has 5 heteroatoms. The summed E-state index contributed by atoms with van der Waals surface area (Å²) in [4.78, 5) is 24.3.